The fourth-order valence-corrected chi connectivity index (χ4v) is 3.14. The number of nitriles is 1. The third kappa shape index (κ3) is 1.63. The molecule has 3 fully saturated rings. The molecule has 1 nitrogen and oxygen atoms in total. The van der Waals surface area contributed by atoms with Gasteiger partial charge in [0.25, 0.3) is 0 Å². The molecule has 13 heavy (non-hydrogen) atoms. The Hall–Kier alpha value is -0.770. The lowest BCUT2D eigenvalue weighted by Crippen LogP contribution is -2.31. The molecule has 3 saturated carbocycles. The number of allylic oxidation sites excluding steroid dienone is 2. The minimum absolute atomic E-state index is 0.743. The summed E-state index contributed by atoms with van der Waals surface area (Å²) in [6, 6.07) is 2.16. The monoisotopic (exact) mass is 175 g/mol. The first kappa shape index (κ1) is 8.81. The first-order chi connectivity index (χ1) is 6.31. The Balaban J connectivity index is 2.09. The predicted octanol–water partition coefficient (Wildman–Crippen LogP) is 3.28. The van der Waals surface area contributed by atoms with Crippen molar-refractivity contribution in [3.63, 3.8) is 0 Å². The van der Waals surface area contributed by atoms with Crippen LogP contribution in [-0.4, -0.2) is 0 Å². The smallest absolute Gasteiger partial charge is 0.0911 e. The molecule has 0 spiro atoms. The maximum absolute atomic E-state index is 8.61. The Bertz CT molecular complexity index is 251. The van der Waals surface area contributed by atoms with E-state index in [2.05, 4.69) is 13.0 Å². The van der Waals surface area contributed by atoms with E-state index in [1.807, 2.05) is 0 Å². The molecule has 1 unspecified atom stereocenters. The molecule has 1 heteroatoms. The Kier molecular flexibility index (Phi) is 2.40. The zero-order chi connectivity index (χ0) is 9.26. The van der Waals surface area contributed by atoms with E-state index in [0.717, 1.165) is 17.8 Å². The summed E-state index contributed by atoms with van der Waals surface area (Å²) in [5, 5.41) is 8.61. The molecule has 0 saturated heterocycles. The van der Waals surface area contributed by atoms with Gasteiger partial charge in [0.15, 0.2) is 0 Å². The van der Waals surface area contributed by atoms with Crippen LogP contribution in [0.25, 0.3) is 0 Å². The van der Waals surface area contributed by atoms with Gasteiger partial charge in [0.1, 0.15) is 0 Å². The number of fused-ring (bicyclic) bond motifs is 3. The van der Waals surface area contributed by atoms with Gasteiger partial charge in [0, 0.05) is 6.08 Å². The molecule has 0 aliphatic heterocycles. The highest BCUT2D eigenvalue weighted by Gasteiger charge is 2.35. The third-order valence-corrected chi connectivity index (χ3v) is 3.92. The van der Waals surface area contributed by atoms with Crippen molar-refractivity contribution in [3.05, 3.63) is 11.6 Å². The van der Waals surface area contributed by atoms with E-state index in [-0.39, 0.29) is 0 Å². The Morgan fingerprint density at radius 3 is 2.46 bits per heavy atom. The molecule has 3 aliphatic rings. The van der Waals surface area contributed by atoms with Crippen LogP contribution in [0.5, 0.6) is 0 Å². The summed E-state index contributed by atoms with van der Waals surface area (Å²) in [5.41, 5.74) is 1.33. The van der Waals surface area contributed by atoms with Crippen LogP contribution >= 0.6 is 0 Å². The SMILES string of the molecule is C/C(=C\C#N)C1CC2CCC1CC2. The minimum atomic E-state index is 0.743. The van der Waals surface area contributed by atoms with Gasteiger partial charge in [-0.15, -0.1) is 0 Å². The van der Waals surface area contributed by atoms with Crippen molar-refractivity contribution in [3.8, 4) is 6.07 Å². The maximum Gasteiger partial charge on any atom is 0.0911 e. The second kappa shape index (κ2) is 3.54. The van der Waals surface area contributed by atoms with E-state index >= 15 is 0 Å². The lowest BCUT2D eigenvalue weighted by atomic mass is 9.63. The van der Waals surface area contributed by atoms with Crippen LogP contribution < -0.4 is 0 Å². The van der Waals surface area contributed by atoms with Crippen LogP contribution in [-0.2, 0) is 0 Å². The molecular formula is C12H17N. The van der Waals surface area contributed by atoms with Gasteiger partial charge in [-0.1, -0.05) is 18.4 Å². The molecule has 0 amide bonds. The zero-order valence-electron chi connectivity index (χ0n) is 8.29. The second-order valence-electron chi connectivity index (χ2n) is 4.64. The Morgan fingerprint density at radius 1 is 1.31 bits per heavy atom. The topological polar surface area (TPSA) is 23.8 Å². The number of hydrogen-bond acceptors (Lipinski definition) is 1. The van der Waals surface area contributed by atoms with E-state index < -0.39 is 0 Å². The standard InChI is InChI=1S/C12H17N/c1-9(6-7-13)12-8-10-2-4-11(12)5-3-10/h6,10-12H,2-5,8H2,1H3/b9-6+. The molecule has 1 atom stereocenters. The quantitative estimate of drug-likeness (QED) is 0.561. The van der Waals surface area contributed by atoms with Gasteiger partial charge in [0.2, 0.25) is 0 Å². The third-order valence-electron chi connectivity index (χ3n) is 3.92. The zero-order valence-corrected chi connectivity index (χ0v) is 8.29. The van der Waals surface area contributed by atoms with Crippen molar-refractivity contribution in [2.75, 3.05) is 0 Å². The van der Waals surface area contributed by atoms with Gasteiger partial charge in [-0.2, -0.15) is 5.26 Å². The summed E-state index contributed by atoms with van der Waals surface area (Å²) in [6.07, 6.45) is 8.82. The largest absolute Gasteiger partial charge is 0.193 e. The molecule has 0 aromatic rings. The second-order valence-corrected chi connectivity index (χ2v) is 4.64. The van der Waals surface area contributed by atoms with Crippen LogP contribution in [0.4, 0.5) is 0 Å². The molecule has 0 aromatic heterocycles. The summed E-state index contributed by atoms with van der Waals surface area (Å²) in [4.78, 5) is 0. The highest BCUT2D eigenvalue weighted by molar-refractivity contribution is 5.16. The molecule has 0 N–H and O–H groups in total. The maximum atomic E-state index is 8.61. The summed E-state index contributed by atoms with van der Waals surface area (Å²) in [6.45, 7) is 2.13. The van der Waals surface area contributed by atoms with Crippen molar-refractivity contribution in [1.29, 1.82) is 5.26 Å². The predicted molar refractivity (Wildman–Crippen MR) is 52.9 cm³/mol. The summed E-state index contributed by atoms with van der Waals surface area (Å²) < 4.78 is 0. The van der Waals surface area contributed by atoms with E-state index in [4.69, 9.17) is 5.26 Å². The molecule has 0 aromatic carbocycles. The highest BCUT2D eigenvalue weighted by atomic mass is 14.4. The minimum Gasteiger partial charge on any atom is -0.193 e. The van der Waals surface area contributed by atoms with Crippen molar-refractivity contribution in [2.45, 2.75) is 39.0 Å². The van der Waals surface area contributed by atoms with Gasteiger partial charge < -0.3 is 0 Å². The van der Waals surface area contributed by atoms with E-state index in [1.165, 1.54) is 37.7 Å². The van der Waals surface area contributed by atoms with Crippen LogP contribution in [0.15, 0.2) is 11.6 Å². The lowest BCUT2D eigenvalue weighted by molar-refractivity contribution is 0.121. The fourth-order valence-electron chi connectivity index (χ4n) is 3.14. The van der Waals surface area contributed by atoms with Gasteiger partial charge in [0.05, 0.1) is 6.07 Å². The molecule has 3 aliphatic carbocycles. The van der Waals surface area contributed by atoms with Crippen LogP contribution in [0.2, 0.25) is 0 Å². The highest BCUT2D eigenvalue weighted by Crippen LogP contribution is 2.47. The first-order valence-electron chi connectivity index (χ1n) is 5.37. The molecule has 0 radical (unpaired) electrons. The normalized spacial score (nSPS) is 38.8. The van der Waals surface area contributed by atoms with Crippen molar-refractivity contribution >= 4 is 0 Å². The first-order valence-corrected chi connectivity index (χ1v) is 5.37. The van der Waals surface area contributed by atoms with Gasteiger partial charge in [-0.05, 0) is 43.9 Å². The molecule has 0 heterocycles. The average Bonchev–Trinajstić information content (AvgIpc) is 2.20. The Labute approximate surface area is 80.4 Å². The number of rotatable bonds is 1. The molecule has 2 bridgehead atoms. The lowest BCUT2D eigenvalue weighted by Gasteiger charge is -2.42. The summed E-state index contributed by atoms with van der Waals surface area (Å²) >= 11 is 0. The van der Waals surface area contributed by atoms with Gasteiger partial charge in [-0.3, -0.25) is 0 Å². The summed E-state index contributed by atoms with van der Waals surface area (Å²) in [5.74, 6) is 2.61. The Morgan fingerprint density at radius 2 is 2.00 bits per heavy atom. The van der Waals surface area contributed by atoms with E-state index in [9.17, 15) is 0 Å². The van der Waals surface area contributed by atoms with Crippen molar-refractivity contribution < 1.29 is 0 Å². The van der Waals surface area contributed by atoms with Crippen LogP contribution in [0, 0.1) is 29.1 Å². The van der Waals surface area contributed by atoms with Crippen LogP contribution in [0.1, 0.15) is 39.0 Å². The molecular weight excluding hydrogens is 158 g/mol. The average molecular weight is 175 g/mol. The van der Waals surface area contributed by atoms with E-state index in [1.54, 1.807) is 6.08 Å². The fraction of sp³-hybridized carbons (Fsp3) is 0.750. The molecule has 3 rings (SSSR count). The van der Waals surface area contributed by atoms with Gasteiger partial charge in [-0.25, -0.2) is 0 Å². The van der Waals surface area contributed by atoms with Crippen molar-refractivity contribution in [1.82, 2.24) is 0 Å². The van der Waals surface area contributed by atoms with Crippen molar-refractivity contribution in [2.24, 2.45) is 17.8 Å². The van der Waals surface area contributed by atoms with Gasteiger partial charge >= 0.3 is 0 Å². The summed E-state index contributed by atoms with van der Waals surface area (Å²) in [7, 11) is 0. The number of nitrogens with zero attached hydrogens (tertiary/aromatic N) is 1. The van der Waals surface area contributed by atoms with E-state index in [0.29, 0.717) is 0 Å². The van der Waals surface area contributed by atoms with Crippen LogP contribution in [0.3, 0.4) is 0 Å². The molecule has 70 valence electrons. The number of hydrogen-bond donors (Lipinski definition) is 0.